The lowest BCUT2D eigenvalue weighted by molar-refractivity contribution is 0.0690. The summed E-state index contributed by atoms with van der Waals surface area (Å²) in [5, 5.41) is 9.55. The first-order valence-electron chi connectivity index (χ1n) is 5.01. The van der Waals surface area contributed by atoms with Crippen molar-refractivity contribution in [2.24, 2.45) is 0 Å². The van der Waals surface area contributed by atoms with E-state index >= 15 is 0 Å². The predicted octanol–water partition coefficient (Wildman–Crippen LogP) is 3.70. The van der Waals surface area contributed by atoms with Crippen molar-refractivity contribution in [2.45, 2.75) is 0 Å². The Morgan fingerprint density at radius 1 is 1.00 bits per heavy atom. The van der Waals surface area contributed by atoms with E-state index < -0.39 is 11.5 Å². The molecule has 2 aromatic rings. The van der Waals surface area contributed by atoms with Gasteiger partial charge >= 0.3 is 5.97 Å². The molecular formula is C12H6Cl3NO3. The van der Waals surface area contributed by atoms with E-state index in [-0.39, 0.29) is 26.3 Å². The van der Waals surface area contributed by atoms with Crippen molar-refractivity contribution in [2.75, 3.05) is 0 Å². The predicted molar refractivity (Wildman–Crippen MR) is 74.5 cm³/mol. The van der Waals surface area contributed by atoms with Crippen LogP contribution >= 0.6 is 34.8 Å². The van der Waals surface area contributed by atoms with Crippen LogP contribution in [0.4, 0.5) is 0 Å². The zero-order chi connectivity index (χ0) is 14.2. The van der Waals surface area contributed by atoms with Crippen LogP contribution in [-0.4, -0.2) is 16.1 Å². The van der Waals surface area contributed by atoms with Gasteiger partial charge in [-0.25, -0.2) is 4.79 Å². The standard InChI is InChI=1S/C12H6Cl3NO3/c13-7-4-9(15)8(14)3-6(7)5-1-2-10(12(18)19)16-11(5)17/h1-4H,(H,16,17)(H,18,19). The highest BCUT2D eigenvalue weighted by molar-refractivity contribution is 6.44. The van der Waals surface area contributed by atoms with Crippen LogP contribution < -0.4 is 5.56 Å². The molecule has 1 aromatic carbocycles. The molecule has 7 heteroatoms. The van der Waals surface area contributed by atoms with Crippen molar-refractivity contribution in [3.8, 4) is 11.1 Å². The number of rotatable bonds is 2. The number of hydrogen-bond donors (Lipinski definition) is 2. The largest absolute Gasteiger partial charge is 0.477 e. The third-order valence-electron chi connectivity index (χ3n) is 2.44. The second kappa shape index (κ2) is 5.25. The van der Waals surface area contributed by atoms with Crippen LogP contribution in [0.25, 0.3) is 11.1 Å². The Labute approximate surface area is 122 Å². The number of benzene rings is 1. The lowest BCUT2D eigenvalue weighted by Crippen LogP contribution is -2.14. The fourth-order valence-corrected chi connectivity index (χ4v) is 2.19. The normalized spacial score (nSPS) is 10.5. The monoisotopic (exact) mass is 317 g/mol. The molecule has 0 unspecified atom stereocenters. The topological polar surface area (TPSA) is 70.2 Å². The first-order valence-corrected chi connectivity index (χ1v) is 6.15. The van der Waals surface area contributed by atoms with E-state index in [9.17, 15) is 9.59 Å². The molecule has 0 atom stereocenters. The van der Waals surface area contributed by atoms with Gasteiger partial charge in [-0.1, -0.05) is 34.8 Å². The number of aromatic amines is 1. The number of carboxylic acid groups (broad SMARTS) is 1. The summed E-state index contributed by atoms with van der Waals surface area (Å²) < 4.78 is 0. The van der Waals surface area contributed by atoms with Crippen molar-refractivity contribution >= 4 is 40.8 Å². The van der Waals surface area contributed by atoms with Crippen LogP contribution in [0.15, 0.2) is 29.1 Å². The molecule has 0 aliphatic rings. The maximum absolute atomic E-state index is 11.8. The number of carbonyl (C=O) groups is 1. The van der Waals surface area contributed by atoms with Gasteiger partial charge < -0.3 is 10.1 Å². The average molecular weight is 319 g/mol. The minimum atomic E-state index is -1.22. The maximum Gasteiger partial charge on any atom is 0.352 e. The van der Waals surface area contributed by atoms with Gasteiger partial charge in [0.1, 0.15) is 5.69 Å². The lowest BCUT2D eigenvalue weighted by atomic mass is 10.1. The van der Waals surface area contributed by atoms with E-state index in [1.54, 1.807) is 0 Å². The Kier molecular flexibility index (Phi) is 3.85. The van der Waals surface area contributed by atoms with Crippen LogP contribution in [0.1, 0.15) is 10.5 Å². The second-order valence-corrected chi connectivity index (χ2v) is 4.89. The van der Waals surface area contributed by atoms with E-state index in [4.69, 9.17) is 39.9 Å². The molecule has 98 valence electrons. The lowest BCUT2D eigenvalue weighted by Gasteiger charge is -2.06. The fraction of sp³-hybridized carbons (Fsp3) is 0. The highest BCUT2D eigenvalue weighted by Crippen LogP contribution is 2.33. The first-order chi connectivity index (χ1) is 8.90. The molecule has 0 fully saturated rings. The van der Waals surface area contributed by atoms with Gasteiger partial charge in [0.2, 0.25) is 0 Å². The number of H-pyrrole nitrogens is 1. The van der Waals surface area contributed by atoms with Crippen molar-refractivity contribution in [3.63, 3.8) is 0 Å². The van der Waals surface area contributed by atoms with Gasteiger partial charge in [-0.2, -0.15) is 0 Å². The quantitative estimate of drug-likeness (QED) is 0.829. The van der Waals surface area contributed by atoms with E-state index in [1.165, 1.54) is 24.3 Å². The SMILES string of the molecule is O=C(O)c1ccc(-c2cc(Cl)c(Cl)cc2Cl)c(=O)[nH]1. The maximum atomic E-state index is 11.8. The Morgan fingerprint density at radius 3 is 2.21 bits per heavy atom. The summed E-state index contributed by atoms with van der Waals surface area (Å²) in [6.07, 6.45) is 0. The number of aromatic nitrogens is 1. The molecule has 0 spiro atoms. The van der Waals surface area contributed by atoms with Crippen LogP contribution in [0.3, 0.4) is 0 Å². The molecule has 0 saturated heterocycles. The van der Waals surface area contributed by atoms with Crippen molar-refractivity contribution in [1.82, 2.24) is 4.98 Å². The zero-order valence-corrected chi connectivity index (χ0v) is 11.5. The van der Waals surface area contributed by atoms with Gasteiger partial charge in [0, 0.05) is 11.1 Å². The van der Waals surface area contributed by atoms with Crippen molar-refractivity contribution < 1.29 is 9.90 Å². The Morgan fingerprint density at radius 2 is 1.63 bits per heavy atom. The van der Waals surface area contributed by atoms with Crippen LogP contribution in [0, 0.1) is 0 Å². The Hall–Kier alpha value is -1.49. The molecule has 0 aliphatic heterocycles. The minimum absolute atomic E-state index is 0.204. The smallest absolute Gasteiger partial charge is 0.352 e. The summed E-state index contributed by atoms with van der Waals surface area (Å²) >= 11 is 17.7. The van der Waals surface area contributed by atoms with Crippen LogP contribution in [-0.2, 0) is 0 Å². The summed E-state index contributed by atoms with van der Waals surface area (Å²) in [6.45, 7) is 0. The van der Waals surface area contributed by atoms with Crippen molar-refractivity contribution in [3.05, 3.63) is 55.4 Å². The molecule has 0 saturated carbocycles. The Balaban J connectivity index is 2.63. The molecule has 0 aliphatic carbocycles. The minimum Gasteiger partial charge on any atom is -0.477 e. The van der Waals surface area contributed by atoms with E-state index in [0.717, 1.165) is 0 Å². The molecule has 1 heterocycles. The number of nitrogens with one attached hydrogen (secondary N) is 1. The molecular weight excluding hydrogens is 312 g/mol. The van der Waals surface area contributed by atoms with Crippen LogP contribution in [0.2, 0.25) is 15.1 Å². The molecule has 1 aromatic heterocycles. The molecule has 0 bridgehead atoms. The molecule has 2 rings (SSSR count). The summed E-state index contributed by atoms with van der Waals surface area (Å²) in [5.74, 6) is -1.22. The number of halogens is 3. The summed E-state index contributed by atoms with van der Waals surface area (Å²) in [7, 11) is 0. The molecule has 0 radical (unpaired) electrons. The molecule has 0 amide bonds. The molecule has 4 nitrogen and oxygen atoms in total. The molecule has 19 heavy (non-hydrogen) atoms. The van der Waals surface area contributed by atoms with Gasteiger partial charge in [0.15, 0.2) is 0 Å². The number of carboxylic acids is 1. The number of hydrogen-bond acceptors (Lipinski definition) is 2. The van der Waals surface area contributed by atoms with Crippen LogP contribution in [0.5, 0.6) is 0 Å². The summed E-state index contributed by atoms with van der Waals surface area (Å²) in [5.41, 5.74) is -0.173. The molecule has 2 N–H and O–H groups in total. The van der Waals surface area contributed by atoms with E-state index in [0.29, 0.717) is 5.56 Å². The zero-order valence-electron chi connectivity index (χ0n) is 9.21. The fourth-order valence-electron chi connectivity index (χ4n) is 1.54. The summed E-state index contributed by atoms with van der Waals surface area (Å²) in [4.78, 5) is 24.8. The number of pyridine rings is 1. The highest BCUT2D eigenvalue weighted by atomic mass is 35.5. The Bertz CT molecular complexity index is 725. The van der Waals surface area contributed by atoms with Gasteiger partial charge in [0.05, 0.1) is 15.1 Å². The van der Waals surface area contributed by atoms with Crippen molar-refractivity contribution in [1.29, 1.82) is 0 Å². The third kappa shape index (κ3) is 2.76. The van der Waals surface area contributed by atoms with E-state index in [1.807, 2.05) is 0 Å². The van der Waals surface area contributed by atoms with Gasteiger partial charge in [-0.05, 0) is 24.3 Å². The van der Waals surface area contributed by atoms with Gasteiger partial charge in [0.25, 0.3) is 5.56 Å². The van der Waals surface area contributed by atoms with Gasteiger partial charge in [-0.3, -0.25) is 4.79 Å². The average Bonchev–Trinajstić information content (AvgIpc) is 2.34. The first kappa shape index (κ1) is 13.9. The van der Waals surface area contributed by atoms with E-state index in [2.05, 4.69) is 4.98 Å². The third-order valence-corrected chi connectivity index (χ3v) is 3.47. The highest BCUT2D eigenvalue weighted by Gasteiger charge is 2.13. The summed E-state index contributed by atoms with van der Waals surface area (Å²) in [6, 6.07) is 5.52. The van der Waals surface area contributed by atoms with Gasteiger partial charge in [-0.15, -0.1) is 0 Å². The second-order valence-electron chi connectivity index (χ2n) is 3.67. The number of aromatic carboxylic acids is 1.